The predicted octanol–water partition coefficient (Wildman–Crippen LogP) is 4.73. The van der Waals surface area contributed by atoms with Crippen molar-refractivity contribution in [3.63, 3.8) is 0 Å². The molecule has 2 N–H and O–H groups in total. The van der Waals surface area contributed by atoms with Gasteiger partial charge in [-0.05, 0) is 43.7 Å². The van der Waals surface area contributed by atoms with E-state index in [1.165, 1.54) is 17.0 Å². The zero-order valence-corrected chi connectivity index (χ0v) is 17.5. The molecule has 2 amide bonds. The topological polar surface area (TPSA) is 81.1 Å². The summed E-state index contributed by atoms with van der Waals surface area (Å²) in [4.78, 5) is 17.7. The summed E-state index contributed by atoms with van der Waals surface area (Å²) in [5.41, 5.74) is -3.89. The van der Waals surface area contributed by atoms with Crippen LogP contribution in [0.15, 0.2) is 36.5 Å². The van der Waals surface area contributed by atoms with E-state index in [-0.39, 0.29) is 30.4 Å². The van der Waals surface area contributed by atoms with E-state index in [1.807, 2.05) is 0 Å². The largest absolute Gasteiger partial charge is 0.433 e. The second kappa shape index (κ2) is 8.55. The van der Waals surface area contributed by atoms with E-state index in [9.17, 15) is 31.1 Å². The van der Waals surface area contributed by atoms with Gasteiger partial charge in [-0.2, -0.15) is 31.6 Å². The van der Waals surface area contributed by atoms with Crippen molar-refractivity contribution in [1.29, 1.82) is 5.26 Å². The molecule has 3 rings (SSSR count). The monoisotopic (exact) mass is 471 g/mol. The third-order valence-corrected chi connectivity index (χ3v) is 5.46. The Balaban J connectivity index is 1.95. The van der Waals surface area contributed by atoms with Crippen LogP contribution in [0.1, 0.15) is 36.2 Å². The molecule has 1 aliphatic rings. The maximum atomic E-state index is 13.5. The number of nitrogens with one attached hydrogen (secondary N) is 2. The van der Waals surface area contributed by atoms with Crippen molar-refractivity contribution in [3.05, 3.63) is 58.9 Å². The van der Waals surface area contributed by atoms with Gasteiger partial charge in [0.1, 0.15) is 5.69 Å². The number of carbonyl (C=O) groups excluding carboxylic acids is 1. The van der Waals surface area contributed by atoms with Crippen LogP contribution in [0.25, 0.3) is 0 Å². The molecular formula is C21H19F6N5O. The molecule has 1 saturated heterocycles. The van der Waals surface area contributed by atoms with Crippen molar-refractivity contribution in [2.45, 2.75) is 37.8 Å². The van der Waals surface area contributed by atoms with E-state index >= 15 is 0 Å². The van der Waals surface area contributed by atoms with Crippen LogP contribution in [0.2, 0.25) is 0 Å². The second-order valence-corrected chi connectivity index (χ2v) is 7.90. The van der Waals surface area contributed by atoms with E-state index in [4.69, 9.17) is 5.26 Å². The maximum Gasteiger partial charge on any atom is 0.433 e. The molecule has 2 aromatic rings. The van der Waals surface area contributed by atoms with E-state index in [2.05, 4.69) is 15.6 Å². The Morgan fingerprint density at radius 2 is 1.91 bits per heavy atom. The van der Waals surface area contributed by atoms with Gasteiger partial charge in [0.15, 0.2) is 0 Å². The fourth-order valence-electron chi connectivity index (χ4n) is 3.61. The molecule has 6 nitrogen and oxygen atoms in total. The first-order chi connectivity index (χ1) is 15.3. The van der Waals surface area contributed by atoms with Gasteiger partial charge in [-0.1, -0.05) is 6.07 Å². The summed E-state index contributed by atoms with van der Waals surface area (Å²) in [5.74, 6) is 0. The number of carbonyl (C=O) groups is 1. The van der Waals surface area contributed by atoms with Gasteiger partial charge in [0.2, 0.25) is 0 Å². The Kier molecular flexibility index (Phi) is 6.30. The molecule has 2 unspecified atom stereocenters. The Morgan fingerprint density at radius 3 is 2.45 bits per heavy atom. The first kappa shape index (κ1) is 24.3. The van der Waals surface area contributed by atoms with Crippen molar-refractivity contribution in [2.75, 3.05) is 18.4 Å². The number of rotatable bonds is 2. The molecule has 2 atom stereocenters. The Labute approximate surface area is 185 Å². The van der Waals surface area contributed by atoms with Gasteiger partial charge in [-0.25, -0.2) is 9.78 Å². The van der Waals surface area contributed by atoms with Crippen LogP contribution in [0.4, 0.5) is 36.8 Å². The van der Waals surface area contributed by atoms with Crippen LogP contribution in [-0.2, 0) is 17.9 Å². The molecule has 33 heavy (non-hydrogen) atoms. The van der Waals surface area contributed by atoms with Crippen LogP contribution in [0, 0.1) is 11.3 Å². The smallest absolute Gasteiger partial charge is 0.312 e. The number of benzene rings is 1. The lowest BCUT2D eigenvalue weighted by atomic mass is 9.85. The lowest BCUT2D eigenvalue weighted by molar-refractivity contribution is -0.141. The average molecular weight is 471 g/mol. The molecule has 0 aliphatic carbocycles. The number of hydrogen-bond donors (Lipinski definition) is 2. The summed E-state index contributed by atoms with van der Waals surface area (Å²) in [6.07, 6.45) is -8.56. The number of aromatic nitrogens is 1. The predicted molar refractivity (Wildman–Crippen MR) is 106 cm³/mol. The Morgan fingerprint density at radius 1 is 1.21 bits per heavy atom. The van der Waals surface area contributed by atoms with E-state index in [1.54, 1.807) is 13.8 Å². The molecule has 0 radical (unpaired) electrons. The van der Waals surface area contributed by atoms with Crippen molar-refractivity contribution < 1.29 is 31.1 Å². The number of amides is 2. The van der Waals surface area contributed by atoms with Crippen molar-refractivity contribution in [1.82, 2.24) is 15.2 Å². The number of halogens is 6. The van der Waals surface area contributed by atoms with Gasteiger partial charge in [-0.15, -0.1) is 0 Å². The second-order valence-electron chi connectivity index (χ2n) is 7.90. The number of pyridine rings is 1. The molecule has 0 bridgehead atoms. The molecule has 1 aromatic carbocycles. The first-order valence-corrected chi connectivity index (χ1v) is 9.73. The molecule has 12 heteroatoms. The quantitative estimate of drug-likeness (QED) is 0.621. The molecular weight excluding hydrogens is 452 g/mol. The van der Waals surface area contributed by atoms with Crippen LogP contribution < -0.4 is 10.6 Å². The van der Waals surface area contributed by atoms with Crippen molar-refractivity contribution >= 4 is 11.7 Å². The van der Waals surface area contributed by atoms with Crippen molar-refractivity contribution in [2.24, 2.45) is 0 Å². The van der Waals surface area contributed by atoms with Crippen LogP contribution in [0.5, 0.6) is 0 Å². The molecule has 1 fully saturated rings. The summed E-state index contributed by atoms with van der Waals surface area (Å²) in [7, 11) is 0. The third-order valence-electron chi connectivity index (χ3n) is 5.46. The fraction of sp³-hybridized carbons (Fsp3) is 0.381. The van der Waals surface area contributed by atoms with E-state index in [0.29, 0.717) is 6.07 Å². The van der Waals surface area contributed by atoms with Crippen molar-refractivity contribution in [3.8, 4) is 6.07 Å². The normalized spacial score (nSPS) is 21.4. The minimum Gasteiger partial charge on any atom is -0.312 e. The summed E-state index contributed by atoms with van der Waals surface area (Å²) >= 11 is 0. The number of nitrogens with zero attached hydrogens (tertiary/aromatic N) is 3. The molecule has 176 valence electrons. The average Bonchev–Trinajstić information content (AvgIpc) is 2.74. The highest BCUT2D eigenvalue weighted by Crippen LogP contribution is 2.38. The van der Waals surface area contributed by atoms with Gasteiger partial charge in [0, 0.05) is 19.1 Å². The number of hydrogen-bond acceptors (Lipinski definition) is 4. The highest BCUT2D eigenvalue weighted by atomic mass is 19.4. The van der Waals surface area contributed by atoms with Gasteiger partial charge in [0.05, 0.1) is 34.6 Å². The maximum absolute atomic E-state index is 13.5. The highest BCUT2D eigenvalue weighted by Gasteiger charge is 2.43. The Bertz CT molecular complexity index is 1080. The molecule has 1 aliphatic heterocycles. The first-order valence-electron chi connectivity index (χ1n) is 9.73. The summed E-state index contributed by atoms with van der Waals surface area (Å²) in [6, 6.07) is 5.61. The standard InChI is InChI=1S/C21H19F6N5O/c1-12-10-32(18(33)31-15-5-6-17(29-9-15)21(25,26)27)19(2,11-30-12)14-4-3-13(8-28)16(7-14)20(22,23)24/h3-7,9,12,30H,10-11H2,1-2H3,(H,31,33). The molecule has 2 heterocycles. The number of urea groups is 1. The van der Waals surface area contributed by atoms with Crippen LogP contribution in [-0.4, -0.2) is 35.0 Å². The van der Waals surface area contributed by atoms with Gasteiger partial charge in [0.25, 0.3) is 0 Å². The lowest BCUT2D eigenvalue weighted by Crippen LogP contribution is -2.63. The number of alkyl halides is 6. The van der Waals surface area contributed by atoms with Gasteiger partial charge in [-0.3, -0.25) is 0 Å². The molecule has 0 spiro atoms. The summed E-state index contributed by atoms with van der Waals surface area (Å²) in [5, 5.41) is 14.6. The minimum absolute atomic E-state index is 0.00246. The van der Waals surface area contributed by atoms with E-state index in [0.717, 1.165) is 24.4 Å². The highest BCUT2D eigenvalue weighted by molar-refractivity contribution is 5.90. The van der Waals surface area contributed by atoms with Crippen LogP contribution in [0.3, 0.4) is 0 Å². The fourth-order valence-corrected chi connectivity index (χ4v) is 3.61. The van der Waals surface area contributed by atoms with Crippen LogP contribution >= 0.6 is 0 Å². The number of anilines is 1. The van der Waals surface area contributed by atoms with Gasteiger partial charge < -0.3 is 15.5 Å². The summed E-state index contributed by atoms with van der Waals surface area (Å²) in [6.45, 7) is 3.56. The molecule has 1 aromatic heterocycles. The number of piperazine rings is 1. The SMILES string of the molecule is CC1CN(C(=O)Nc2ccc(C(F)(F)F)nc2)C(C)(c2ccc(C#N)c(C(F)(F)F)c2)CN1. The lowest BCUT2D eigenvalue weighted by Gasteiger charge is -2.47. The number of nitriles is 1. The van der Waals surface area contributed by atoms with E-state index < -0.39 is 40.7 Å². The molecule has 0 saturated carbocycles. The zero-order valence-electron chi connectivity index (χ0n) is 17.5. The van der Waals surface area contributed by atoms with Gasteiger partial charge >= 0.3 is 18.4 Å². The summed E-state index contributed by atoms with van der Waals surface area (Å²) < 4.78 is 78.6. The zero-order chi connectivity index (χ0) is 24.6. The minimum atomic E-state index is -4.77. The third kappa shape index (κ3) is 5.03. The Hall–Kier alpha value is -3.33.